The zero-order valence-corrected chi connectivity index (χ0v) is 11.9. The van der Waals surface area contributed by atoms with Gasteiger partial charge in [0, 0.05) is 5.69 Å². The van der Waals surface area contributed by atoms with Gasteiger partial charge >= 0.3 is 11.9 Å². The molecule has 0 saturated heterocycles. The zero-order valence-electron chi connectivity index (χ0n) is 11.9. The molecule has 0 aliphatic rings. The van der Waals surface area contributed by atoms with E-state index < -0.39 is 11.9 Å². The van der Waals surface area contributed by atoms with Crippen LogP contribution in [0.2, 0.25) is 0 Å². The fraction of sp³-hybridized carbons (Fsp3) is 0.200. The van der Waals surface area contributed by atoms with Gasteiger partial charge in [0.1, 0.15) is 11.4 Å². The van der Waals surface area contributed by atoms with E-state index in [0.29, 0.717) is 17.0 Å². The fourth-order valence-corrected chi connectivity index (χ4v) is 1.49. The number of ether oxygens (including phenoxy) is 3. The second-order valence-corrected chi connectivity index (χ2v) is 3.76. The molecule has 1 aromatic carbocycles. The Morgan fingerprint density at radius 1 is 1.24 bits per heavy atom. The quantitative estimate of drug-likeness (QED) is 0.500. The molecule has 0 fully saturated rings. The minimum atomic E-state index is -0.710. The van der Waals surface area contributed by atoms with Crippen molar-refractivity contribution in [3.05, 3.63) is 35.5 Å². The molecule has 0 unspecified atom stereocenters. The summed E-state index contributed by atoms with van der Waals surface area (Å²) in [5.74, 6) is 1.59. The van der Waals surface area contributed by atoms with Crippen molar-refractivity contribution < 1.29 is 23.8 Å². The molecule has 0 heterocycles. The first kappa shape index (κ1) is 16.1. The number of methoxy groups -OCH3 is 3. The maximum atomic E-state index is 11.6. The normalized spacial score (nSPS) is 10.3. The number of hydrogen-bond donors (Lipinski definition) is 1. The molecule has 1 aromatic rings. The number of anilines is 1. The molecular weight excluding hydrogens is 274 g/mol. The number of rotatable bonds is 5. The van der Waals surface area contributed by atoms with Crippen LogP contribution in [0.15, 0.2) is 30.0 Å². The molecule has 6 heteroatoms. The minimum Gasteiger partial charge on any atom is -0.495 e. The number of carbonyl (C=O) groups excluding carboxylic acids is 2. The van der Waals surface area contributed by atoms with Gasteiger partial charge in [-0.25, -0.2) is 9.59 Å². The van der Waals surface area contributed by atoms with Crippen molar-refractivity contribution in [2.24, 2.45) is 0 Å². The Balaban J connectivity index is 3.10. The summed E-state index contributed by atoms with van der Waals surface area (Å²) in [5.41, 5.74) is 0.937. The van der Waals surface area contributed by atoms with Gasteiger partial charge in [-0.1, -0.05) is 5.92 Å². The Morgan fingerprint density at radius 2 is 1.95 bits per heavy atom. The number of esters is 2. The van der Waals surface area contributed by atoms with Crippen LogP contribution in [-0.4, -0.2) is 33.3 Å². The molecule has 0 atom stereocenters. The average Bonchev–Trinajstić information content (AvgIpc) is 2.52. The number of benzene rings is 1. The zero-order chi connectivity index (χ0) is 15.8. The lowest BCUT2D eigenvalue weighted by molar-refractivity contribution is -0.138. The van der Waals surface area contributed by atoms with Gasteiger partial charge in [-0.2, -0.15) is 0 Å². The first-order chi connectivity index (χ1) is 10.0. The van der Waals surface area contributed by atoms with E-state index in [9.17, 15) is 9.59 Å². The minimum absolute atomic E-state index is 0.0718. The fourth-order valence-electron chi connectivity index (χ4n) is 1.49. The first-order valence-corrected chi connectivity index (χ1v) is 5.85. The van der Waals surface area contributed by atoms with E-state index in [1.54, 1.807) is 18.2 Å². The van der Waals surface area contributed by atoms with Gasteiger partial charge in [-0.15, -0.1) is 6.42 Å². The maximum Gasteiger partial charge on any atom is 0.354 e. The topological polar surface area (TPSA) is 73.9 Å². The summed E-state index contributed by atoms with van der Waals surface area (Å²) in [6, 6.07) is 4.89. The third kappa shape index (κ3) is 4.28. The Morgan fingerprint density at radius 3 is 2.48 bits per heavy atom. The second-order valence-electron chi connectivity index (χ2n) is 3.76. The van der Waals surface area contributed by atoms with Gasteiger partial charge in [0.25, 0.3) is 0 Å². The summed E-state index contributed by atoms with van der Waals surface area (Å²) >= 11 is 0. The molecule has 1 N–H and O–H groups in total. The van der Waals surface area contributed by atoms with Crippen LogP contribution in [0.5, 0.6) is 5.75 Å². The highest BCUT2D eigenvalue weighted by atomic mass is 16.5. The van der Waals surface area contributed by atoms with Crippen LogP contribution in [0.4, 0.5) is 5.69 Å². The summed E-state index contributed by atoms with van der Waals surface area (Å²) < 4.78 is 14.2. The Labute approximate surface area is 122 Å². The monoisotopic (exact) mass is 289 g/mol. The summed E-state index contributed by atoms with van der Waals surface area (Å²) in [7, 11) is 3.91. The van der Waals surface area contributed by atoms with Gasteiger partial charge in [-0.05, 0) is 18.2 Å². The van der Waals surface area contributed by atoms with Crippen molar-refractivity contribution in [3.8, 4) is 18.1 Å². The standard InChI is InChI=1S/C15H15NO5/c1-5-10-8-11(6-7-13(10)19-2)16-12(15(18)21-4)9-14(17)20-3/h1,6-9,16H,2-4H3/b12-9+. The first-order valence-electron chi connectivity index (χ1n) is 5.85. The Hall–Kier alpha value is -2.94. The molecule has 21 heavy (non-hydrogen) atoms. The molecule has 0 aliphatic carbocycles. The maximum absolute atomic E-state index is 11.6. The van der Waals surface area contributed by atoms with Crippen molar-refractivity contribution in [2.75, 3.05) is 26.6 Å². The van der Waals surface area contributed by atoms with E-state index in [0.717, 1.165) is 6.08 Å². The van der Waals surface area contributed by atoms with E-state index in [4.69, 9.17) is 11.2 Å². The molecule has 0 amide bonds. The number of hydrogen-bond acceptors (Lipinski definition) is 6. The molecule has 0 aliphatic heterocycles. The Bertz CT molecular complexity index is 613. The van der Waals surface area contributed by atoms with E-state index in [-0.39, 0.29) is 5.70 Å². The van der Waals surface area contributed by atoms with Crippen molar-refractivity contribution >= 4 is 17.6 Å². The van der Waals surface area contributed by atoms with Crippen LogP contribution in [0, 0.1) is 12.3 Å². The molecular formula is C15H15NO5. The van der Waals surface area contributed by atoms with Crippen molar-refractivity contribution in [3.63, 3.8) is 0 Å². The highest BCUT2D eigenvalue weighted by Gasteiger charge is 2.13. The Kier molecular flexibility index (Phi) is 5.83. The lowest BCUT2D eigenvalue weighted by Gasteiger charge is -2.11. The number of carbonyl (C=O) groups is 2. The molecule has 0 saturated carbocycles. The molecule has 0 aromatic heterocycles. The lowest BCUT2D eigenvalue weighted by atomic mass is 10.2. The lowest BCUT2D eigenvalue weighted by Crippen LogP contribution is -2.15. The van der Waals surface area contributed by atoms with Crippen LogP contribution in [0.25, 0.3) is 0 Å². The van der Waals surface area contributed by atoms with Crippen molar-refractivity contribution in [1.82, 2.24) is 0 Å². The summed E-state index contributed by atoms with van der Waals surface area (Å²) in [5, 5.41) is 2.76. The summed E-state index contributed by atoms with van der Waals surface area (Å²) in [6.07, 6.45) is 6.37. The third-order valence-corrected chi connectivity index (χ3v) is 2.50. The van der Waals surface area contributed by atoms with Crippen molar-refractivity contribution in [1.29, 1.82) is 0 Å². The van der Waals surface area contributed by atoms with Crippen LogP contribution in [0.1, 0.15) is 5.56 Å². The highest BCUT2D eigenvalue weighted by Crippen LogP contribution is 2.22. The smallest absolute Gasteiger partial charge is 0.354 e. The van der Waals surface area contributed by atoms with Gasteiger partial charge < -0.3 is 19.5 Å². The largest absolute Gasteiger partial charge is 0.495 e. The van der Waals surface area contributed by atoms with Crippen LogP contribution < -0.4 is 10.1 Å². The van der Waals surface area contributed by atoms with Crippen LogP contribution >= 0.6 is 0 Å². The highest BCUT2D eigenvalue weighted by molar-refractivity contribution is 5.98. The number of terminal acetylenes is 1. The molecule has 110 valence electrons. The van der Waals surface area contributed by atoms with E-state index in [1.807, 2.05) is 0 Å². The average molecular weight is 289 g/mol. The van der Waals surface area contributed by atoms with Gasteiger partial charge in [0.15, 0.2) is 0 Å². The molecule has 0 radical (unpaired) electrons. The number of nitrogens with one attached hydrogen (secondary N) is 1. The van der Waals surface area contributed by atoms with Crippen LogP contribution in [0.3, 0.4) is 0 Å². The summed E-state index contributed by atoms with van der Waals surface area (Å²) in [4.78, 5) is 22.9. The molecule has 0 spiro atoms. The third-order valence-electron chi connectivity index (χ3n) is 2.50. The molecule has 0 bridgehead atoms. The molecule has 6 nitrogen and oxygen atoms in total. The second kappa shape index (κ2) is 7.60. The van der Waals surface area contributed by atoms with Crippen molar-refractivity contribution in [2.45, 2.75) is 0 Å². The van der Waals surface area contributed by atoms with Gasteiger partial charge in [0.2, 0.25) is 0 Å². The molecule has 1 rings (SSSR count). The van der Waals surface area contributed by atoms with Crippen LogP contribution in [-0.2, 0) is 19.1 Å². The SMILES string of the molecule is C#Cc1cc(N/C(=C/C(=O)OC)C(=O)OC)ccc1OC. The van der Waals surface area contributed by atoms with E-state index >= 15 is 0 Å². The van der Waals surface area contributed by atoms with Gasteiger partial charge in [0.05, 0.1) is 33.0 Å². The van der Waals surface area contributed by atoms with E-state index in [1.165, 1.54) is 21.3 Å². The summed E-state index contributed by atoms with van der Waals surface area (Å²) in [6.45, 7) is 0. The van der Waals surface area contributed by atoms with Gasteiger partial charge in [-0.3, -0.25) is 0 Å². The van der Waals surface area contributed by atoms with E-state index in [2.05, 4.69) is 20.7 Å². The predicted molar refractivity (Wildman–Crippen MR) is 76.7 cm³/mol. The predicted octanol–water partition coefficient (Wildman–Crippen LogP) is 1.32.